The summed E-state index contributed by atoms with van der Waals surface area (Å²) >= 11 is 2.98. The molecule has 0 aliphatic heterocycles. The molecule has 0 heterocycles. The lowest BCUT2D eigenvalue weighted by atomic mass is 10.1. The highest BCUT2D eigenvalue weighted by molar-refractivity contribution is 9.09. The van der Waals surface area contributed by atoms with E-state index in [1.165, 1.54) is 12.1 Å². The first-order valence-electron chi connectivity index (χ1n) is 3.72. The summed E-state index contributed by atoms with van der Waals surface area (Å²) in [6.07, 6.45) is 0. The van der Waals surface area contributed by atoms with Crippen LogP contribution < -0.4 is 5.73 Å². The normalized spacial score (nSPS) is 9.43. The van der Waals surface area contributed by atoms with Crippen molar-refractivity contribution in [3.8, 4) is 11.8 Å². The zero-order chi connectivity index (χ0) is 10.7. The maximum absolute atomic E-state index is 11.3. The van der Waals surface area contributed by atoms with Gasteiger partial charge < -0.3 is 10.8 Å². The molecule has 72 valence electrons. The molecule has 1 aromatic carbocycles. The van der Waals surface area contributed by atoms with Crippen LogP contribution in [0.25, 0.3) is 0 Å². The van der Waals surface area contributed by atoms with Gasteiger partial charge >= 0.3 is 0 Å². The summed E-state index contributed by atoms with van der Waals surface area (Å²) in [4.78, 5) is 11.3. The highest BCUT2D eigenvalue weighted by atomic mass is 79.9. The van der Waals surface area contributed by atoms with E-state index in [1.54, 1.807) is 0 Å². The smallest absolute Gasteiger partial charge is 0.177 e. The molecule has 0 aliphatic carbocycles. The van der Waals surface area contributed by atoms with Crippen LogP contribution in [0, 0.1) is 11.3 Å². The van der Waals surface area contributed by atoms with Gasteiger partial charge in [0.25, 0.3) is 0 Å². The molecule has 0 unspecified atom stereocenters. The van der Waals surface area contributed by atoms with Crippen molar-refractivity contribution in [1.82, 2.24) is 0 Å². The Balaban J connectivity index is 3.33. The number of carbonyl (C=O) groups excluding carboxylic acids is 1. The van der Waals surface area contributed by atoms with Crippen molar-refractivity contribution >= 4 is 27.4 Å². The van der Waals surface area contributed by atoms with Crippen LogP contribution >= 0.6 is 15.9 Å². The van der Waals surface area contributed by atoms with E-state index >= 15 is 0 Å². The molecule has 3 N–H and O–H groups in total. The Morgan fingerprint density at radius 3 is 2.79 bits per heavy atom. The second-order valence-electron chi connectivity index (χ2n) is 2.63. The molecule has 1 rings (SSSR count). The number of phenolic OH excluding ortho intramolecular Hbond substituents is 1. The predicted molar refractivity (Wildman–Crippen MR) is 55.4 cm³/mol. The van der Waals surface area contributed by atoms with E-state index < -0.39 is 0 Å². The molecule has 0 atom stereocenters. The number of phenols is 1. The summed E-state index contributed by atoms with van der Waals surface area (Å²) in [5.41, 5.74) is 5.89. The highest BCUT2D eigenvalue weighted by Gasteiger charge is 2.12. The van der Waals surface area contributed by atoms with E-state index in [2.05, 4.69) is 15.9 Å². The van der Waals surface area contributed by atoms with Gasteiger partial charge in [-0.05, 0) is 6.07 Å². The minimum absolute atomic E-state index is 0.0926. The molecule has 1 aromatic rings. The van der Waals surface area contributed by atoms with Crippen LogP contribution in [0.1, 0.15) is 15.9 Å². The van der Waals surface area contributed by atoms with Gasteiger partial charge in [-0.2, -0.15) is 5.26 Å². The number of carbonyl (C=O) groups is 1. The Bertz CT molecular complexity index is 424. The van der Waals surface area contributed by atoms with Crippen molar-refractivity contribution in [3.05, 3.63) is 23.3 Å². The Labute approximate surface area is 89.1 Å². The Kier molecular flexibility index (Phi) is 3.10. The monoisotopic (exact) mass is 254 g/mol. The van der Waals surface area contributed by atoms with Gasteiger partial charge in [-0.3, -0.25) is 4.79 Å². The Hall–Kier alpha value is -1.54. The first-order valence-corrected chi connectivity index (χ1v) is 4.84. The predicted octanol–water partition coefficient (Wildman–Crippen LogP) is 1.42. The van der Waals surface area contributed by atoms with Crippen LogP contribution in [-0.4, -0.2) is 16.2 Å². The maximum atomic E-state index is 11.3. The molecule has 14 heavy (non-hydrogen) atoms. The number of hydrogen-bond acceptors (Lipinski definition) is 4. The van der Waals surface area contributed by atoms with Gasteiger partial charge in [0.05, 0.1) is 22.1 Å². The second-order valence-corrected chi connectivity index (χ2v) is 3.19. The molecule has 0 saturated carbocycles. The average Bonchev–Trinajstić information content (AvgIpc) is 2.17. The summed E-state index contributed by atoms with van der Waals surface area (Å²) in [5.74, 6) is -0.495. The molecular formula is C9H7BrN2O2. The van der Waals surface area contributed by atoms with Gasteiger partial charge in [-0.25, -0.2) is 0 Å². The third-order valence-corrected chi connectivity index (χ3v) is 2.22. The van der Waals surface area contributed by atoms with Gasteiger partial charge in [0.1, 0.15) is 11.8 Å². The molecule has 4 nitrogen and oxygen atoms in total. The zero-order valence-corrected chi connectivity index (χ0v) is 8.71. The minimum Gasteiger partial charge on any atom is -0.507 e. The van der Waals surface area contributed by atoms with Crippen LogP contribution in [0.3, 0.4) is 0 Å². The summed E-state index contributed by atoms with van der Waals surface area (Å²) < 4.78 is 0. The lowest BCUT2D eigenvalue weighted by molar-refractivity contribution is 0.102. The number of nitrogens with zero attached hydrogens (tertiary/aromatic N) is 1. The maximum Gasteiger partial charge on any atom is 0.177 e. The molecule has 0 spiro atoms. The SMILES string of the molecule is N#Cc1cc(C(=O)CBr)c(O)cc1N. The molecule has 0 saturated heterocycles. The number of halogens is 1. The first kappa shape index (κ1) is 10.5. The van der Waals surface area contributed by atoms with Crippen LogP contribution in [0.5, 0.6) is 5.75 Å². The van der Waals surface area contributed by atoms with E-state index in [1.807, 2.05) is 6.07 Å². The Morgan fingerprint density at radius 1 is 1.64 bits per heavy atom. The fraction of sp³-hybridized carbons (Fsp3) is 0.111. The number of rotatable bonds is 2. The number of Topliss-reactive ketones (excluding diaryl/α,β-unsaturated/α-hetero) is 1. The number of nitrogen functional groups attached to an aromatic ring is 1. The molecule has 0 radical (unpaired) electrons. The third-order valence-electron chi connectivity index (χ3n) is 1.71. The van der Waals surface area contributed by atoms with Crippen LogP contribution in [0.2, 0.25) is 0 Å². The zero-order valence-electron chi connectivity index (χ0n) is 7.12. The standard InChI is InChI=1S/C9H7BrN2O2/c10-3-9(14)6-1-5(4-11)7(12)2-8(6)13/h1-2,13H,3,12H2. The average molecular weight is 255 g/mol. The second kappa shape index (κ2) is 4.11. The number of aromatic hydroxyl groups is 1. The largest absolute Gasteiger partial charge is 0.507 e. The minimum atomic E-state index is -0.293. The highest BCUT2D eigenvalue weighted by Crippen LogP contribution is 2.24. The summed E-state index contributed by atoms with van der Waals surface area (Å²) in [6.45, 7) is 0. The number of anilines is 1. The molecule has 0 aromatic heterocycles. The number of alkyl halides is 1. The quantitative estimate of drug-likeness (QED) is 0.475. The first-order chi connectivity index (χ1) is 6.60. The lowest BCUT2D eigenvalue weighted by Gasteiger charge is -2.04. The van der Waals surface area contributed by atoms with E-state index in [4.69, 9.17) is 11.0 Å². The van der Waals surface area contributed by atoms with Gasteiger partial charge in [-0.1, -0.05) is 15.9 Å². The third kappa shape index (κ3) is 1.86. The van der Waals surface area contributed by atoms with Gasteiger partial charge in [-0.15, -0.1) is 0 Å². The molecule has 0 amide bonds. The van der Waals surface area contributed by atoms with Gasteiger partial charge in [0.15, 0.2) is 5.78 Å². The molecule has 5 heteroatoms. The number of ketones is 1. The van der Waals surface area contributed by atoms with E-state index in [9.17, 15) is 9.90 Å². The fourth-order valence-corrected chi connectivity index (χ4v) is 1.30. The molecular weight excluding hydrogens is 248 g/mol. The van der Waals surface area contributed by atoms with Crippen LogP contribution in [0.15, 0.2) is 12.1 Å². The van der Waals surface area contributed by atoms with Crippen molar-refractivity contribution < 1.29 is 9.90 Å². The fourth-order valence-electron chi connectivity index (χ4n) is 0.997. The topological polar surface area (TPSA) is 87.1 Å². The van der Waals surface area contributed by atoms with E-state index in [-0.39, 0.29) is 33.7 Å². The van der Waals surface area contributed by atoms with Crippen molar-refractivity contribution in [2.24, 2.45) is 0 Å². The van der Waals surface area contributed by atoms with Gasteiger partial charge in [0.2, 0.25) is 0 Å². The number of benzene rings is 1. The van der Waals surface area contributed by atoms with Crippen LogP contribution in [-0.2, 0) is 0 Å². The number of hydrogen-bond donors (Lipinski definition) is 2. The van der Waals surface area contributed by atoms with Gasteiger partial charge in [0, 0.05) is 6.07 Å². The van der Waals surface area contributed by atoms with Crippen molar-refractivity contribution in [2.45, 2.75) is 0 Å². The molecule has 0 aliphatic rings. The Morgan fingerprint density at radius 2 is 2.29 bits per heavy atom. The number of nitriles is 1. The van der Waals surface area contributed by atoms with E-state index in [0.29, 0.717) is 0 Å². The molecule has 0 bridgehead atoms. The lowest BCUT2D eigenvalue weighted by Crippen LogP contribution is -2.02. The van der Waals surface area contributed by atoms with Crippen molar-refractivity contribution in [3.63, 3.8) is 0 Å². The van der Waals surface area contributed by atoms with Crippen molar-refractivity contribution in [1.29, 1.82) is 5.26 Å². The molecule has 0 fully saturated rings. The van der Waals surface area contributed by atoms with Crippen LogP contribution in [0.4, 0.5) is 5.69 Å². The van der Waals surface area contributed by atoms with E-state index in [0.717, 1.165) is 0 Å². The van der Waals surface area contributed by atoms with Crippen molar-refractivity contribution in [2.75, 3.05) is 11.1 Å². The summed E-state index contributed by atoms with van der Waals surface area (Å²) in [7, 11) is 0. The summed E-state index contributed by atoms with van der Waals surface area (Å²) in [5, 5.41) is 18.1. The summed E-state index contributed by atoms with van der Waals surface area (Å²) in [6, 6.07) is 4.33. The number of nitrogens with two attached hydrogens (primary N) is 1.